The number of carbonyl (C=O) groups is 2. The fourth-order valence-electron chi connectivity index (χ4n) is 3.52. The zero-order valence-corrected chi connectivity index (χ0v) is 20.5. The van der Waals surface area contributed by atoms with Gasteiger partial charge in [0, 0.05) is 16.2 Å². The summed E-state index contributed by atoms with van der Waals surface area (Å²) in [6.07, 6.45) is 1.44. The van der Waals surface area contributed by atoms with Crippen molar-refractivity contribution in [1.82, 2.24) is 0 Å². The number of phenols is 1. The molecule has 33 heavy (non-hydrogen) atoms. The van der Waals surface area contributed by atoms with E-state index in [1.165, 1.54) is 6.92 Å². The van der Waals surface area contributed by atoms with Crippen LogP contribution in [-0.4, -0.2) is 39.4 Å². The number of ether oxygens (including phenoxy) is 1. The summed E-state index contributed by atoms with van der Waals surface area (Å²) in [7, 11) is 0. The molecule has 6 nitrogen and oxygen atoms in total. The molecule has 0 heterocycles. The molecule has 0 radical (unpaired) electrons. The van der Waals surface area contributed by atoms with E-state index in [4.69, 9.17) is 9.84 Å². The number of Topliss-reactive ketones (excluding diaryl/α,β-unsaturated/α-hetero) is 1. The average Bonchev–Trinajstić information content (AvgIpc) is 2.79. The third-order valence-electron chi connectivity index (χ3n) is 5.83. The van der Waals surface area contributed by atoms with Gasteiger partial charge in [0.15, 0.2) is 5.78 Å². The molecule has 0 saturated heterocycles. The number of hydrogen-bond acceptors (Lipinski definition) is 6. The molecule has 180 valence electrons. The molecule has 2 aromatic rings. The van der Waals surface area contributed by atoms with Gasteiger partial charge in [-0.3, -0.25) is 9.59 Å². The molecule has 0 saturated carbocycles. The molecule has 7 heteroatoms. The number of thioether (sulfide) groups is 1. The van der Waals surface area contributed by atoms with Crippen LogP contribution < -0.4 is 4.74 Å². The average molecular weight is 475 g/mol. The zero-order valence-electron chi connectivity index (χ0n) is 19.7. The quantitative estimate of drug-likeness (QED) is 0.200. The molecule has 0 bridgehead atoms. The predicted octanol–water partition coefficient (Wildman–Crippen LogP) is 5.50. The first kappa shape index (κ1) is 26.7. The Hall–Kier alpha value is -2.51. The summed E-state index contributed by atoms with van der Waals surface area (Å²) in [5, 5.41) is 30.0. The third kappa shape index (κ3) is 7.24. The Morgan fingerprint density at radius 1 is 1.09 bits per heavy atom. The van der Waals surface area contributed by atoms with Gasteiger partial charge in [0.25, 0.3) is 0 Å². The number of carbonyl (C=O) groups excluding carboxylic acids is 1. The number of phenolic OH excluding ortho intramolecular Hbond substituents is 1. The Bertz CT molecular complexity index is 941. The van der Waals surface area contributed by atoms with Crippen molar-refractivity contribution in [3.05, 3.63) is 53.1 Å². The number of hydrogen-bond donors (Lipinski definition) is 3. The minimum absolute atomic E-state index is 0.0190. The highest BCUT2D eigenvalue weighted by atomic mass is 32.2. The highest BCUT2D eigenvalue weighted by Crippen LogP contribution is 2.33. The van der Waals surface area contributed by atoms with Gasteiger partial charge >= 0.3 is 5.97 Å². The van der Waals surface area contributed by atoms with Crippen LogP contribution in [0.15, 0.2) is 41.3 Å². The second-order valence-corrected chi connectivity index (χ2v) is 9.46. The van der Waals surface area contributed by atoms with Crippen molar-refractivity contribution >= 4 is 23.5 Å². The second-order valence-electron chi connectivity index (χ2n) is 8.29. The first-order valence-electron chi connectivity index (χ1n) is 11.3. The molecular formula is C26H34O6S. The van der Waals surface area contributed by atoms with Crippen LogP contribution in [0, 0.1) is 11.8 Å². The molecule has 0 aliphatic heterocycles. The molecule has 0 spiro atoms. The standard InChI is InChI=1S/C26H34O6S/c1-5-7-22-23(13-12-21(18(4)27)25(22)29)32-14-6-15-33-20-10-8-19(9-11-20)24(28)16(2)17(3)26(30)31/h8-13,16-17,24,28-29H,5-7,14-15H2,1-4H3,(H,30,31). The summed E-state index contributed by atoms with van der Waals surface area (Å²) in [5.74, 6) is -0.639. The number of benzene rings is 2. The summed E-state index contributed by atoms with van der Waals surface area (Å²) in [6.45, 7) is 7.28. The van der Waals surface area contributed by atoms with E-state index >= 15 is 0 Å². The Balaban J connectivity index is 1.86. The number of aliphatic hydroxyl groups excluding tert-OH is 1. The van der Waals surface area contributed by atoms with E-state index in [-0.39, 0.29) is 17.5 Å². The number of aromatic hydroxyl groups is 1. The SMILES string of the molecule is CCCc1c(OCCCSc2ccc(C(O)C(C)C(C)C(=O)O)cc2)ccc(C(C)=O)c1O. The summed E-state index contributed by atoms with van der Waals surface area (Å²) in [5.41, 5.74) is 1.71. The largest absolute Gasteiger partial charge is 0.507 e. The summed E-state index contributed by atoms with van der Waals surface area (Å²) >= 11 is 1.67. The molecular weight excluding hydrogens is 440 g/mol. The van der Waals surface area contributed by atoms with Crippen LogP contribution in [-0.2, 0) is 11.2 Å². The minimum atomic E-state index is -0.914. The molecule has 0 aromatic heterocycles. The highest BCUT2D eigenvalue weighted by molar-refractivity contribution is 7.99. The molecule has 0 fully saturated rings. The molecule has 0 amide bonds. The number of rotatable bonds is 13. The normalized spacial score (nSPS) is 13.8. The third-order valence-corrected chi connectivity index (χ3v) is 6.93. The van der Waals surface area contributed by atoms with Gasteiger partial charge < -0.3 is 20.1 Å². The van der Waals surface area contributed by atoms with Gasteiger partial charge in [0.1, 0.15) is 11.5 Å². The van der Waals surface area contributed by atoms with Crippen LogP contribution in [0.2, 0.25) is 0 Å². The van der Waals surface area contributed by atoms with E-state index in [9.17, 15) is 19.8 Å². The topological polar surface area (TPSA) is 104 Å². The van der Waals surface area contributed by atoms with Gasteiger partial charge in [-0.25, -0.2) is 0 Å². The van der Waals surface area contributed by atoms with Crippen molar-refractivity contribution in [2.45, 2.75) is 58.0 Å². The molecule has 0 aliphatic rings. The highest BCUT2D eigenvalue weighted by Gasteiger charge is 2.27. The van der Waals surface area contributed by atoms with E-state index in [0.29, 0.717) is 35.5 Å². The molecule has 2 aromatic carbocycles. The lowest BCUT2D eigenvalue weighted by Crippen LogP contribution is -2.23. The predicted molar refractivity (Wildman–Crippen MR) is 130 cm³/mol. The molecule has 3 unspecified atom stereocenters. The van der Waals surface area contributed by atoms with Gasteiger partial charge in [-0.2, -0.15) is 0 Å². The molecule has 3 atom stereocenters. The fourth-order valence-corrected chi connectivity index (χ4v) is 4.35. The lowest BCUT2D eigenvalue weighted by Gasteiger charge is -2.22. The smallest absolute Gasteiger partial charge is 0.306 e. The number of carboxylic acids is 1. The van der Waals surface area contributed by atoms with Crippen LogP contribution in [0.4, 0.5) is 0 Å². The van der Waals surface area contributed by atoms with E-state index in [0.717, 1.165) is 23.5 Å². The lowest BCUT2D eigenvalue weighted by molar-refractivity contribution is -0.144. The monoisotopic (exact) mass is 474 g/mol. The van der Waals surface area contributed by atoms with Crippen molar-refractivity contribution in [1.29, 1.82) is 0 Å². The first-order chi connectivity index (χ1) is 15.7. The second kappa shape index (κ2) is 12.7. The molecule has 3 N–H and O–H groups in total. The summed E-state index contributed by atoms with van der Waals surface area (Å²) in [4.78, 5) is 23.9. The lowest BCUT2D eigenvalue weighted by atomic mass is 9.87. The molecule has 0 aliphatic carbocycles. The van der Waals surface area contributed by atoms with E-state index in [1.54, 1.807) is 37.7 Å². The Morgan fingerprint density at radius 2 is 1.76 bits per heavy atom. The summed E-state index contributed by atoms with van der Waals surface area (Å²) in [6, 6.07) is 10.9. The number of ketones is 1. The maximum absolute atomic E-state index is 11.7. The van der Waals surface area contributed by atoms with Gasteiger partial charge in [-0.05, 0) is 55.5 Å². The van der Waals surface area contributed by atoms with Crippen LogP contribution in [0.1, 0.15) is 68.1 Å². The van der Waals surface area contributed by atoms with Gasteiger partial charge in [-0.1, -0.05) is 39.3 Å². The van der Waals surface area contributed by atoms with E-state index in [1.807, 2.05) is 31.2 Å². The van der Waals surface area contributed by atoms with E-state index in [2.05, 4.69) is 0 Å². The number of aliphatic hydroxyl groups is 1. The number of carboxylic acid groups (broad SMARTS) is 1. The first-order valence-corrected chi connectivity index (χ1v) is 12.3. The van der Waals surface area contributed by atoms with Crippen molar-refractivity contribution in [2.24, 2.45) is 11.8 Å². The van der Waals surface area contributed by atoms with Crippen LogP contribution in [0.5, 0.6) is 11.5 Å². The van der Waals surface area contributed by atoms with Gasteiger partial charge in [-0.15, -0.1) is 11.8 Å². The van der Waals surface area contributed by atoms with Crippen LogP contribution >= 0.6 is 11.8 Å². The van der Waals surface area contributed by atoms with Crippen molar-refractivity contribution in [3.8, 4) is 11.5 Å². The Labute approximate surface area is 200 Å². The van der Waals surface area contributed by atoms with Crippen molar-refractivity contribution in [3.63, 3.8) is 0 Å². The van der Waals surface area contributed by atoms with Crippen molar-refractivity contribution < 1.29 is 29.6 Å². The maximum Gasteiger partial charge on any atom is 0.306 e. The Morgan fingerprint density at radius 3 is 2.33 bits per heavy atom. The fraction of sp³-hybridized carbons (Fsp3) is 0.462. The molecule has 2 rings (SSSR count). The van der Waals surface area contributed by atoms with Gasteiger partial charge in [0.05, 0.1) is 24.2 Å². The van der Waals surface area contributed by atoms with Crippen LogP contribution in [0.3, 0.4) is 0 Å². The minimum Gasteiger partial charge on any atom is -0.507 e. The van der Waals surface area contributed by atoms with E-state index < -0.39 is 18.0 Å². The zero-order chi connectivity index (χ0) is 24.5. The van der Waals surface area contributed by atoms with Crippen molar-refractivity contribution in [2.75, 3.05) is 12.4 Å². The van der Waals surface area contributed by atoms with Crippen LogP contribution in [0.25, 0.3) is 0 Å². The Kier molecular flexibility index (Phi) is 10.3. The number of aliphatic carboxylic acids is 1. The summed E-state index contributed by atoms with van der Waals surface area (Å²) < 4.78 is 5.90. The maximum atomic E-state index is 11.7. The van der Waals surface area contributed by atoms with Gasteiger partial charge in [0.2, 0.25) is 0 Å².